The summed E-state index contributed by atoms with van der Waals surface area (Å²) in [6, 6.07) is 6.03. The van der Waals surface area contributed by atoms with Crippen molar-refractivity contribution in [3.05, 3.63) is 60.2 Å². The highest BCUT2D eigenvalue weighted by Crippen LogP contribution is 2.46. The molecule has 33 heavy (non-hydrogen) atoms. The number of aromatic nitrogens is 4. The van der Waals surface area contributed by atoms with Gasteiger partial charge in [-0.1, -0.05) is 12.1 Å². The molecule has 174 valence electrons. The Morgan fingerprint density at radius 2 is 2.06 bits per heavy atom. The zero-order chi connectivity index (χ0) is 23.6. The van der Waals surface area contributed by atoms with Gasteiger partial charge in [0.15, 0.2) is 5.82 Å². The fraction of sp³-hybridized carbons (Fsp3) is 0.300. The molecule has 13 heteroatoms. The number of benzene rings is 1. The van der Waals surface area contributed by atoms with Crippen LogP contribution in [0.4, 0.5) is 14.5 Å². The molecule has 0 saturated heterocycles. The van der Waals surface area contributed by atoms with Crippen LogP contribution in [-0.2, 0) is 15.6 Å². The number of hydrogen-bond donors (Lipinski definition) is 2. The van der Waals surface area contributed by atoms with E-state index in [0.717, 1.165) is 0 Å². The summed E-state index contributed by atoms with van der Waals surface area (Å²) in [5.41, 5.74) is 0.154. The van der Waals surface area contributed by atoms with Crippen LogP contribution in [0.25, 0.3) is 5.82 Å². The second kappa shape index (κ2) is 8.73. The van der Waals surface area contributed by atoms with Gasteiger partial charge < -0.3 is 10.1 Å². The average Bonchev–Trinajstić information content (AvgIpc) is 3.38. The van der Waals surface area contributed by atoms with Crippen LogP contribution in [0, 0.1) is 0 Å². The van der Waals surface area contributed by atoms with Crippen LogP contribution >= 0.6 is 0 Å². The maximum absolute atomic E-state index is 12.9. The minimum Gasteiger partial charge on any atom is -0.477 e. The van der Waals surface area contributed by atoms with Crippen LogP contribution in [0.2, 0.25) is 0 Å². The largest absolute Gasteiger partial charge is 0.477 e. The van der Waals surface area contributed by atoms with Crippen molar-refractivity contribution in [1.82, 2.24) is 25.1 Å². The third-order valence-corrected chi connectivity index (χ3v) is 5.97. The van der Waals surface area contributed by atoms with E-state index in [1.807, 2.05) is 11.6 Å². The number of sulfonamides is 1. The van der Waals surface area contributed by atoms with Gasteiger partial charge in [0.25, 0.3) is 15.9 Å². The Balaban J connectivity index is 1.50. The van der Waals surface area contributed by atoms with Crippen LogP contribution in [-0.4, -0.2) is 46.4 Å². The third kappa shape index (κ3) is 4.92. The minimum absolute atomic E-state index is 0.00565. The van der Waals surface area contributed by atoms with Crippen molar-refractivity contribution >= 4 is 21.6 Å². The summed E-state index contributed by atoms with van der Waals surface area (Å²) in [6.07, 6.45) is 7.05. The second-order valence-electron chi connectivity index (χ2n) is 7.35. The molecule has 1 fully saturated rings. The number of hydrogen-bond acceptors (Lipinski definition) is 7. The summed E-state index contributed by atoms with van der Waals surface area (Å²) < 4.78 is 56.8. The van der Waals surface area contributed by atoms with Crippen molar-refractivity contribution in [2.75, 3.05) is 11.3 Å². The molecule has 0 atom stereocenters. The number of anilines is 1. The van der Waals surface area contributed by atoms with Gasteiger partial charge in [0.05, 0.1) is 36.3 Å². The van der Waals surface area contributed by atoms with Gasteiger partial charge in [-0.25, -0.2) is 13.1 Å². The van der Waals surface area contributed by atoms with E-state index in [1.54, 1.807) is 6.07 Å². The molecular weight excluding hydrogens is 458 g/mol. The first-order valence-electron chi connectivity index (χ1n) is 9.95. The second-order valence-corrected chi connectivity index (χ2v) is 9.00. The molecule has 3 aromatic rings. The maximum Gasteiger partial charge on any atom is 0.355 e. The monoisotopic (exact) mass is 478 g/mol. The molecule has 1 amide bonds. The molecule has 0 radical (unpaired) electrons. The number of halogens is 2. The molecular formula is C20H20F2N6O4S. The van der Waals surface area contributed by atoms with Crippen molar-refractivity contribution in [3.63, 3.8) is 0 Å². The number of carbonyl (C=O) groups excluding carboxylic acids is 1. The van der Waals surface area contributed by atoms with Crippen LogP contribution in [0.1, 0.15) is 35.7 Å². The van der Waals surface area contributed by atoms with E-state index in [0.29, 0.717) is 36.7 Å². The lowest BCUT2D eigenvalue weighted by atomic mass is 10.0. The number of nitrogens with zero attached hydrogens (tertiary/aromatic N) is 4. The van der Waals surface area contributed by atoms with Gasteiger partial charge in [0.2, 0.25) is 5.88 Å². The van der Waals surface area contributed by atoms with E-state index >= 15 is 0 Å². The first-order valence-corrected chi connectivity index (χ1v) is 11.5. The number of amides is 1. The molecule has 1 saturated carbocycles. The topological polar surface area (TPSA) is 128 Å². The van der Waals surface area contributed by atoms with E-state index < -0.39 is 27.2 Å². The summed E-state index contributed by atoms with van der Waals surface area (Å²) in [5, 5.41) is 7.08. The quantitative estimate of drug-likeness (QED) is 0.483. The van der Waals surface area contributed by atoms with Crippen molar-refractivity contribution in [3.8, 4) is 11.7 Å². The Morgan fingerprint density at radius 1 is 1.27 bits per heavy atom. The summed E-state index contributed by atoms with van der Waals surface area (Å²) in [6.45, 7) is 2.25. The van der Waals surface area contributed by atoms with Gasteiger partial charge in [-0.3, -0.25) is 14.5 Å². The minimum atomic E-state index is -4.79. The van der Waals surface area contributed by atoms with Crippen molar-refractivity contribution < 1.29 is 26.7 Å². The Hall–Kier alpha value is -3.61. The number of alkyl halides is 2. The van der Waals surface area contributed by atoms with E-state index in [2.05, 4.69) is 20.4 Å². The first kappa shape index (κ1) is 22.6. The van der Waals surface area contributed by atoms with E-state index in [1.165, 1.54) is 47.7 Å². The Bertz CT molecular complexity index is 1280. The Morgan fingerprint density at radius 3 is 2.76 bits per heavy atom. The van der Waals surface area contributed by atoms with Gasteiger partial charge >= 0.3 is 5.76 Å². The molecule has 2 N–H and O–H groups in total. The summed E-state index contributed by atoms with van der Waals surface area (Å²) in [4.78, 5) is 21.2. The van der Waals surface area contributed by atoms with Gasteiger partial charge in [0.1, 0.15) is 0 Å². The summed E-state index contributed by atoms with van der Waals surface area (Å²) >= 11 is 0. The third-order valence-electron chi connectivity index (χ3n) is 4.98. The number of ether oxygens (including phenoxy) is 1. The predicted molar refractivity (Wildman–Crippen MR) is 114 cm³/mol. The lowest BCUT2D eigenvalue weighted by molar-refractivity contribution is 0.0930. The van der Waals surface area contributed by atoms with Crippen LogP contribution < -0.4 is 14.8 Å². The van der Waals surface area contributed by atoms with Crippen molar-refractivity contribution in [2.45, 2.75) is 31.1 Å². The fourth-order valence-electron chi connectivity index (χ4n) is 3.22. The highest BCUT2D eigenvalue weighted by molar-refractivity contribution is 7.93. The molecule has 1 aromatic carbocycles. The lowest BCUT2D eigenvalue weighted by Gasteiger charge is -2.19. The highest BCUT2D eigenvalue weighted by Gasteiger charge is 2.46. The lowest BCUT2D eigenvalue weighted by Crippen LogP contribution is -2.34. The molecule has 0 spiro atoms. The standard InChI is InChI=1S/C20H20F2N6O4S/c1-2-32-17-11-23-10-16(25-17)28-12-13(9-24-28)18(29)26-20(6-7-20)14-4-3-5-15(8-14)27-33(30,31)19(21)22/h3-5,8-12,19,27H,2,6-7H2,1H3,(H,26,29). The molecule has 0 aliphatic heterocycles. The zero-order valence-electron chi connectivity index (χ0n) is 17.4. The molecule has 0 unspecified atom stereocenters. The van der Waals surface area contributed by atoms with Gasteiger partial charge in [-0.05, 0) is 37.5 Å². The zero-order valence-corrected chi connectivity index (χ0v) is 18.2. The molecule has 4 rings (SSSR count). The van der Waals surface area contributed by atoms with Gasteiger partial charge in [0, 0.05) is 11.9 Å². The number of carbonyl (C=O) groups is 1. The highest BCUT2D eigenvalue weighted by atomic mass is 32.2. The summed E-state index contributed by atoms with van der Waals surface area (Å²) in [7, 11) is -4.79. The Labute approximate surface area is 188 Å². The maximum atomic E-state index is 12.9. The van der Waals surface area contributed by atoms with Crippen molar-refractivity contribution in [1.29, 1.82) is 0 Å². The number of nitrogens with one attached hydrogen (secondary N) is 2. The average molecular weight is 478 g/mol. The SMILES string of the molecule is CCOc1cncc(-n2cc(C(=O)NC3(c4cccc(NS(=O)(=O)C(F)F)c4)CC3)cn2)n1. The molecule has 1 aliphatic rings. The molecule has 1 aliphatic carbocycles. The van der Waals surface area contributed by atoms with E-state index in [9.17, 15) is 22.0 Å². The van der Waals surface area contributed by atoms with Gasteiger partial charge in [-0.15, -0.1) is 0 Å². The smallest absolute Gasteiger partial charge is 0.355 e. The van der Waals surface area contributed by atoms with Gasteiger partial charge in [-0.2, -0.15) is 18.9 Å². The molecule has 2 heterocycles. The number of rotatable bonds is 9. The normalized spacial score (nSPS) is 14.7. The molecule has 0 bridgehead atoms. The van der Waals surface area contributed by atoms with Crippen LogP contribution in [0.5, 0.6) is 5.88 Å². The predicted octanol–water partition coefficient (Wildman–Crippen LogP) is 2.44. The van der Waals surface area contributed by atoms with E-state index in [-0.39, 0.29) is 11.3 Å². The fourth-order valence-corrected chi connectivity index (χ4v) is 3.77. The Kier molecular flexibility index (Phi) is 5.97. The van der Waals surface area contributed by atoms with Crippen molar-refractivity contribution in [2.24, 2.45) is 0 Å². The van der Waals surface area contributed by atoms with Crippen LogP contribution in [0.3, 0.4) is 0 Å². The van der Waals surface area contributed by atoms with Crippen LogP contribution in [0.15, 0.2) is 49.1 Å². The first-order chi connectivity index (χ1) is 15.7. The summed E-state index contributed by atoms with van der Waals surface area (Å²) in [5.74, 6) is -3.24. The molecule has 2 aromatic heterocycles. The molecule has 10 nitrogen and oxygen atoms in total. The van der Waals surface area contributed by atoms with E-state index in [4.69, 9.17) is 4.74 Å².